The zero-order valence-electron chi connectivity index (χ0n) is 7.35. The molecule has 0 N–H and O–H groups in total. The van der Waals surface area contributed by atoms with Gasteiger partial charge in [-0.05, 0) is 18.3 Å². The first-order valence-corrected chi connectivity index (χ1v) is 3.91. The van der Waals surface area contributed by atoms with Gasteiger partial charge in [0.1, 0.15) is 0 Å². The molecule has 0 radical (unpaired) electrons. The number of allylic oxidation sites excluding steroid dienone is 3. The minimum Gasteiger partial charge on any atom is -0.103 e. The Kier molecular flexibility index (Phi) is 4.10. The molecular formula is C10H18. The highest BCUT2D eigenvalue weighted by atomic mass is 14.1. The fourth-order valence-electron chi connectivity index (χ4n) is 0.601. The van der Waals surface area contributed by atoms with Gasteiger partial charge in [-0.3, -0.25) is 0 Å². The van der Waals surface area contributed by atoms with E-state index in [4.69, 9.17) is 0 Å². The van der Waals surface area contributed by atoms with E-state index in [1.54, 1.807) is 0 Å². The van der Waals surface area contributed by atoms with E-state index < -0.39 is 0 Å². The Hall–Kier alpha value is -0.520. The van der Waals surface area contributed by atoms with Gasteiger partial charge in [-0.25, -0.2) is 0 Å². The standard InChI is InChI=1S/C10H18/c1-5-7-8-9-10(3,4)6-2/h5,8-9H,1,6-7H2,2-4H3. The minimum absolute atomic E-state index is 0.364. The molecule has 0 heteroatoms. The van der Waals surface area contributed by atoms with Crippen LogP contribution in [0.2, 0.25) is 0 Å². The van der Waals surface area contributed by atoms with Gasteiger partial charge in [0, 0.05) is 0 Å². The molecular weight excluding hydrogens is 120 g/mol. The van der Waals surface area contributed by atoms with Gasteiger partial charge in [-0.1, -0.05) is 39.0 Å². The monoisotopic (exact) mass is 138 g/mol. The summed E-state index contributed by atoms with van der Waals surface area (Å²) < 4.78 is 0. The molecule has 0 saturated heterocycles. The van der Waals surface area contributed by atoms with E-state index in [1.165, 1.54) is 6.42 Å². The largest absolute Gasteiger partial charge is 0.103 e. The van der Waals surface area contributed by atoms with Crippen LogP contribution in [0.15, 0.2) is 24.8 Å². The number of rotatable bonds is 4. The van der Waals surface area contributed by atoms with Gasteiger partial charge in [0.15, 0.2) is 0 Å². The van der Waals surface area contributed by atoms with Crippen molar-refractivity contribution in [3.63, 3.8) is 0 Å². The fourth-order valence-corrected chi connectivity index (χ4v) is 0.601. The Morgan fingerprint density at radius 1 is 1.40 bits per heavy atom. The van der Waals surface area contributed by atoms with E-state index in [9.17, 15) is 0 Å². The van der Waals surface area contributed by atoms with Gasteiger partial charge in [0.05, 0.1) is 0 Å². The maximum Gasteiger partial charge on any atom is -0.0172 e. The molecule has 0 saturated carbocycles. The summed E-state index contributed by atoms with van der Waals surface area (Å²) >= 11 is 0. The molecule has 0 spiro atoms. The van der Waals surface area contributed by atoms with E-state index in [2.05, 4.69) is 39.5 Å². The van der Waals surface area contributed by atoms with Crippen molar-refractivity contribution in [2.45, 2.75) is 33.6 Å². The topological polar surface area (TPSA) is 0 Å². The Morgan fingerprint density at radius 3 is 2.40 bits per heavy atom. The van der Waals surface area contributed by atoms with Crippen LogP contribution in [-0.2, 0) is 0 Å². The molecule has 0 aliphatic rings. The lowest BCUT2D eigenvalue weighted by atomic mass is 9.90. The third kappa shape index (κ3) is 4.37. The van der Waals surface area contributed by atoms with Gasteiger partial charge in [0.25, 0.3) is 0 Å². The third-order valence-electron chi connectivity index (χ3n) is 1.78. The lowest BCUT2D eigenvalue weighted by Crippen LogP contribution is -2.03. The van der Waals surface area contributed by atoms with Crippen LogP contribution in [0.25, 0.3) is 0 Å². The molecule has 0 aliphatic carbocycles. The summed E-state index contributed by atoms with van der Waals surface area (Å²) in [5.74, 6) is 0. The molecule has 0 aromatic rings. The normalized spacial score (nSPS) is 12.3. The van der Waals surface area contributed by atoms with Gasteiger partial charge < -0.3 is 0 Å². The predicted octanol–water partition coefficient (Wildman–Crippen LogP) is 3.55. The van der Waals surface area contributed by atoms with Crippen molar-refractivity contribution in [2.24, 2.45) is 5.41 Å². The van der Waals surface area contributed by atoms with Gasteiger partial charge in [0.2, 0.25) is 0 Å². The van der Waals surface area contributed by atoms with Crippen LogP contribution < -0.4 is 0 Å². The molecule has 0 aromatic carbocycles. The van der Waals surface area contributed by atoms with E-state index in [1.807, 2.05) is 6.08 Å². The lowest BCUT2D eigenvalue weighted by molar-refractivity contribution is 0.461. The minimum atomic E-state index is 0.364. The molecule has 0 unspecified atom stereocenters. The summed E-state index contributed by atoms with van der Waals surface area (Å²) in [6.45, 7) is 10.3. The van der Waals surface area contributed by atoms with Crippen molar-refractivity contribution in [3.8, 4) is 0 Å². The van der Waals surface area contributed by atoms with Crippen molar-refractivity contribution in [3.05, 3.63) is 24.8 Å². The smallest absolute Gasteiger partial charge is 0.0172 e. The van der Waals surface area contributed by atoms with Crippen LogP contribution in [0.5, 0.6) is 0 Å². The highest BCUT2D eigenvalue weighted by Gasteiger charge is 2.08. The highest BCUT2D eigenvalue weighted by molar-refractivity contribution is 4.96. The summed E-state index contributed by atoms with van der Waals surface area (Å²) in [5.41, 5.74) is 0.364. The zero-order valence-corrected chi connectivity index (χ0v) is 7.35. The number of hydrogen-bond donors (Lipinski definition) is 0. The predicted molar refractivity (Wildman–Crippen MR) is 48.0 cm³/mol. The third-order valence-corrected chi connectivity index (χ3v) is 1.78. The van der Waals surface area contributed by atoms with E-state index in [-0.39, 0.29) is 0 Å². The molecule has 0 bridgehead atoms. The highest BCUT2D eigenvalue weighted by Crippen LogP contribution is 2.21. The van der Waals surface area contributed by atoms with Crippen molar-refractivity contribution >= 4 is 0 Å². The Bertz CT molecular complexity index is 118. The van der Waals surface area contributed by atoms with Crippen LogP contribution >= 0.6 is 0 Å². The maximum atomic E-state index is 3.65. The summed E-state index contributed by atoms with van der Waals surface area (Å²) in [6, 6.07) is 0. The van der Waals surface area contributed by atoms with E-state index in [0.29, 0.717) is 5.41 Å². The molecule has 0 amide bonds. The Morgan fingerprint density at radius 2 is 2.00 bits per heavy atom. The summed E-state index contributed by atoms with van der Waals surface area (Å²) in [7, 11) is 0. The Labute approximate surface area is 64.6 Å². The van der Waals surface area contributed by atoms with Crippen molar-refractivity contribution in [1.29, 1.82) is 0 Å². The number of hydrogen-bond acceptors (Lipinski definition) is 0. The first-order valence-electron chi connectivity index (χ1n) is 3.91. The molecule has 0 fully saturated rings. The second-order valence-corrected chi connectivity index (χ2v) is 3.27. The van der Waals surface area contributed by atoms with Crippen molar-refractivity contribution in [2.75, 3.05) is 0 Å². The van der Waals surface area contributed by atoms with E-state index >= 15 is 0 Å². The second kappa shape index (κ2) is 4.32. The van der Waals surface area contributed by atoms with Crippen LogP contribution in [0.1, 0.15) is 33.6 Å². The molecule has 10 heavy (non-hydrogen) atoms. The zero-order chi connectivity index (χ0) is 8.04. The molecule has 0 nitrogen and oxygen atoms in total. The molecule has 0 aromatic heterocycles. The van der Waals surface area contributed by atoms with Gasteiger partial charge in [-0.15, -0.1) is 6.58 Å². The second-order valence-electron chi connectivity index (χ2n) is 3.27. The van der Waals surface area contributed by atoms with Crippen LogP contribution in [0.4, 0.5) is 0 Å². The first-order chi connectivity index (χ1) is 4.62. The average molecular weight is 138 g/mol. The molecule has 0 aliphatic heterocycles. The SMILES string of the molecule is C=CCC=CC(C)(C)CC. The van der Waals surface area contributed by atoms with Gasteiger partial charge >= 0.3 is 0 Å². The van der Waals surface area contributed by atoms with Crippen LogP contribution in [0, 0.1) is 5.41 Å². The summed E-state index contributed by atoms with van der Waals surface area (Å²) in [4.78, 5) is 0. The average Bonchev–Trinajstić information content (AvgIpc) is 1.89. The molecule has 58 valence electrons. The first kappa shape index (κ1) is 9.48. The molecule has 0 rings (SSSR count). The quantitative estimate of drug-likeness (QED) is 0.521. The van der Waals surface area contributed by atoms with Crippen molar-refractivity contribution < 1.29 is 0 Å². The van der Waals surface area contributed by atoms with Gasteiger partial charge in [-0.2, -0.15) is 0 Å². The fraction of sp³-hybridized carbons (Fsp3) is 0.600. The molecule has 0 atom stereocenters. The van der Waals surface area contributed by atoms with E-state index in [0.717, 1.165) is 6.42 Å². The lowest BCUT2D eigenvalue weighted by Gasteiger charge is -2.16. The molecule has 0 heterocycles. The summed E-state index contributed by atoms with van der Waals surface area (Å²) in [6.07, 6.45) is 8.54. The summed E-state index contributed by atoms with van der Waals surface area (Å²) in [5, 5.41) is 0. The maximum absolute atomic E-state index is 3.65. The Balaban J connectivity index is 3.73. The van der Waals surface area contributed by atoms with Crippen molar-refractivity contribution in [1.82, 2.24) is 0 Å². The van der Waals surface area contributed by atoms with Crippen LogP contribution in [0.3, 0.4) is 0 Å². The van der Waals surface area contributed by atoms with Crippen LogP contribution in [-0.4, -0.2) is 0 Å².